The van der Waals surface area contributed by atoms with Crippen molar-refractivity contribution in [3.63, 3.8) is 0 Å². The Hall–Kier alpha value is -2.83. The third kappa shape index (κ3) is 4.08. The summed E-state index contributed by atoms with van der Waals surface area (Å²) in [7, 11) is 2.72. The lowest BCUT2D eigenvalue weighted by Gasteiger charge is -2.51. The third-order valence-corrected chi connectivity index (χ3v) is 10.6. The molecule has 5 rings (SSSR count). The van der Waals surface area contributed by atoms with Crippen LogP contribution in [0.25, 0.3) is 0 Å². The van der Waals surface area contributed by atoms with Gasteiger partial charge in [-0.05, 0) is 25.2 Å². The van der Waals surface area contributed by atoms with Crippen LogP contribution in [0.15, 0.2) is 23.8 Å². The zero-order chi connectivity index (χ0) is 30.0. The molecule has 220 valence electrons. The number of ether oxygens (including phenoxy) is 2. The second-order valence-corrected chi connectivity index (χ2v) is 12.3. The Bertz CT molecular complexity index is 1380. The van der Waals surface area contributed by atoms with Crippen LogP contribution in [0.1, 0.15) is 37.2 Å². The molecule has 2 aliphatic heterocycles. The van der Waals surface area contributed by atoms with Gasteiger partial charge in [-0.15, -0.1) is 23.2 Å². The number of carboxylic acid groups (broad SMARTS) is 1. The zero-order valence-electron chi connectivity index (χ0n) is 22.1. The van der Waals surface area contributed by atoms with Gasteiger partial charge in [-0.3, -0.25) is 33.8 Å². The first-order valence-electron chi connectivity index (χ1n) is 12.9. The van der Waals surface area contributed by atoms with Crippen molar-refractivity contribution in [3.05, 3.63) is 29.3 Å². The Morgan fingerprint density at radius 2 is 1.68 bits per heavy atom. The van der Waals surface area contributed by atoms with E-state index in [9.17, 15) is 29.1 Å². The van der Waals surface area contributed by atoms with Gasteiger partial charge in [-0.2, -0.15) is 0 Å². The first kappa shape index (κ1) is 29.7. The number of carbonyl (C=O) groups is 5. The van der Waals surface area contributed by atoms with Crippen molar-refractivity contribution in [1.82, 2.24) is 9.80 Å². The highest BCUT2D eigenvalue weighted by atomic mass is 79.9. The lowest BCUT2D eigenvalue weighted by Crippen LogP contribution is -2.60. The minimum absolute atomic E-state index is 0.0533. The summed E-state index contributed by atoms with van der Waals surface area (Å²) in [4.78, 5) is 63.7. The fourth-order valence-corrected chi connectivity index (χ4v) is 8.36. The average Bonchev–Trinajstić information content (AvgIpc) is 3.26. The lowest BCUT2D eigenvalue weighted by molar-refractivity contribution is -0.142. The summed E-state index contributed by atoms with van der Waals surface area (Å²) in [6.45, 7) is -0.0533. The molecular formula is C27H27BrCl2N2O9. The van der Waals surface area contributed by atoms with Crippen LogP contribution in [0.4, 0.5) is 0 Å². The number of phenolic OH excluding ortho intramolecular Hbond substituents is 1. The van der Waals surface area contributed by atoms with Crippen molar-refractivity contribution in [3.8, 4) is 17.2 Å². The molecule has 1 aromatic carbocycles. The highest BCUT2D eigenvalue weighted by Gasteiger charge is 2.76. The highest BCUT2D eigenvalue weighted by molar-refractivity contribution is 9.09. The average molecular weight is 674 g/mol. The molecule has 2 heterocycles. The molecular weight excluding hydrogens is 647 g/mol. The van der Waals surface area contributed by atoms with Gasteiger partial charge in [-0.1, -0.05) is 27.6 Å². The number of halogens is 3. The molecule has 2 saturated heterocycles. The van der Waals surface area contributed by atoms with Crippen LogP contribution in [0.2, 0.25) is 0 Å². The molecule has 6 atom stereocenters. The number of rotatable bonds is 8. The van der Waals surface area contributed by atoms with E-state index in [1.807, 2.05) is 0 Å². The lowest BCUT2D eigenvalue weighted by atomic mass is 9.56. The predicted molar refractivity (Wildman–Crippen MR) is 148 cm³/mol. The molecule has 1 aromatic rings. The van der Waals surface area contributed by atoms with Crippen molar-refractivity contribution < 1.29 is 43.7 Å². The van der Waals surface area contributed by atoms with E-state index in [0.717, 1.165) is 9.80 Å². The standard InChI is InChI=1S/C27H27BrCl2N2O9/c1-40-16-8-12(33)9-17(41-2)20(16)21-13-5-6-14-19(23(37)31(22(14)36)7-3-4-18(34)35)15(13)10-26(29)24(38)32(11-28)25(39)27(21,26)30/h5,8-9,14-15,19,21,33H,3-4,6-7,10-11H2,1-2H3,(H,34,35)/t14-,15+,19-,21+,26+,27-/m0/s1. The number of fused-ring (bicyclic) bond motifs is 4. The van der Waals surface area contributed by atoms with Gasteiger partial charge in [-0.25, -0.2) is 0 Å². The second kappa shape index (κ2) is 10.5. The fraction of sp³-hybridized carbons (Fsp3) is 0.519. The Kier molecular flexibility index (Phi) is 7.57. The summed E-state index contributed by atoms with van der Waals surface area (Å²) in [6, 6.07) is 2.64. The third-order valence-electron chi connectivity index (χ3n) is 8.70. The van der Waals surface area contributed by atoms with Gasteiger partial charge < -0.3 is 19.7 Å². The Balaban J connectivity index is 1.70. The number of aromatic hydroxyl groups is 1. The molecule has 4 amide bonds. The molecule has 11 nitrogen and oxygen atoms in total. The number of aliphatic carboxylic acids is 1. The number of alkyl halides is 3. The number of phenols is 1. The number of carboxylic acids is 1. The number of hydrogen-bond donors (Lipinski definition) is 2. The molecule has 14 heteroatoms. The van der Waals surface area contributed by atoms with Gasteiger partial charge >= 0.3 is 5.97 Å². The summed E-state index contributed by atoms with van der Waals surface area (Å²) in [5.74, 6) is -6.92. The number of hydrogen-bond acceptors (Lipinski definition) is 8. The second-order valence-electron chi connectivity index (χ2n) is 10.6. The molecule has 3 fully saturated rings. The number of allylic oxidation sites excluding steroid dienone is 2. The van der Waals surface area contributed by atoms with E-state index in [2.05, 4.69) is 15.9 Å². The van der Waals surface area contributed by atoms with E-state index in [-0.39, 0.29) is 60.5 Å². The Morgan fingerprint density at radius 3 is 2.24 bits per heavy atom. The largest absolute Gasteiger partial charge is 0.508 e. The number of imide groups is 2. The number of carbonyl (C=O) groups excluding carboxylic acids is 4. The fourth-order valence-electron chi connectivity index (χ4n) is 6.95. The smallest absolute Gasteiger partial charge is 0.303 e. The molecule has 0 unspecified atom stereocenters. The number of nitrogens with zero attached hydrogens (tertiary/aromatic N) is 2. The minimum atomic E-state index is -2.07. The van der Waals surface area contributed by atoms with E-state index in [0.29, 0.717) is 5.57 Å². The number of benzene rings is 1. The van der Waals surface area contributed by atoms with Crippen LogP contribution in [-0.2, 0) is 24.0 Å². The van der Waals surface area contributed by atoms with Gasteiger partial charge in [0.25, 0.3) is 11.8 Å². The van der Waals surface area contributed by atoms with Crippen molar-refractivity contribution in [1.29, 1.82) is 0 Å². The molecule has 4 aliphatic rings. The van der Waals surface area contributed by atoms with E-state index in [4.69, 9.17) is 37.8 Å². The predicted octanol–water partition coefficient (Wildman–Crippen LogP) is 2.99. The topological polar surface area (TPSA) is 151 Å². The molecule has 1 saturated carbocycles. The maximum Gasteiger partial charge on any atom is 0.303 e. The van der Waals surface area contributed by atoms with Gasteiger partial charge in [0.2, 0.25) is 11.8 Å². The normalized spacial score (nSPS) is 32.5. The van der Waals surface area contributed by atoms with Gasteiger partial charge in [0.05, 0.1) is 31.5 Å². The molecule has 0 radical (unpaired) electrons. The molecule has 2 aliphatic carbocycles. The minimum Gasteiger partial charge on any atom is -0.508 e. The Morgan fingerprint density at radius 1 is 1.05 bits per heavy atom. The number of methoxy groups -OCH3 is 2. The van der Waals surface area contributed by atoms with Crippen LogP contribution < -0.4 is 9.47 Å². The number of amides is 4. The number of likely N-dealkylation sites (tertiary alicyclic amines) is 2. The summed E-state index contributed by atoms with van der Waals surface area (Å²) < 4.78 is 11.2. The molecule has 0 aromatic heterocycles. The molecule has 0 spiro atoms. The highest BCUT2D eigenvalue weighted by Crippen LogP contribution is 2.67. The van der Waals surface area contributed by atoms with E-state index in [1.54, 1.807) is 6.08 Å². The summed E-state index contributed by atoms with van der Waals surface area (Å²) in [5.41, 5.74) is 0.621. The summed E-state index contributed by atoms with van der Waals surface area (Å²) in [5, 5.41) is 19.3. The first-order valence-corrected chi connectivity index (χ1v) is 14.8. The monoisotopic (exact) mass is 672 g/mol. The summed E-state index contributed by atoms with van der Waals surface area (Å²) in [6.07, 6.45) is 1.62. The first-order chi connectivity index (χ1) is 19.4. The quantitative estimate of drug-likeness (QED) is 0.184. The molecule has 41 heavy (non-hydrogen) atoms. The SMILES string of the molecule is COc1cc(O)cc(OC)c1[C@H]1C2=CC[C@@H]3C(=O)N(CCCC(=O)O)C(=O)[C@@H]3[C@@H]2C[C@@]2(Cl)C(=O)N(CBr)C(=O)[C@@]12Cl. The summed E-state index contributed by atoms with van der Waals surface area (Å²) >= 11 is 17.6. The molecule has 0 bridgehead atoms. The maximum absolute atomic E-state index is 13.9. The van der Waals surface area contributed by atoms with E-state index in [1.165, 1.54) is 26.4 Å². The van der Waals surface area contributed by atoms with Crippen molar-refractivity contribution in [2.75, 3.05) is 26.2 Å². The maximum atomic E-state index is 13.9. The van der Waals surface area contributed by atoms with Crippen LogP contribution in [0, 0.1) is 17.8 Å². The van der Waals surface area contributed by atoms with Crippen molar-refractivity contribution in [2.45, 2.75) is 41.3 Å². The van der Waals surface area contributed by atoms with Crippen molar-refractivity contribution in [2.24, 2.45) is 17.8 Å². The van der Waals surface area contributed by atoms with Crippen LogP contribution >= 0.6 is 39.1 Å². The molecule has 2 N–H and O–H groups in total. The van der Waals surface area contributed by atoms with E-state index >= 15 is 0 Å². The van der Waals surface area contributed by atoms with Crippen LogP contribution in [-0.4, -0.2) is 85.6 Å². The van der Waals surface area contributed by atoms with Gasteiger partial charge in [0.15, 0.2) is 9.75 Å². The van der Waals surface area contributed by atoms with Crippen LogP contribution in [0.3, 0.4) is 0 Å². The van der Waals surface area contributed by atoms with Gasteiger partial charge in [0.1, 0.15) is 17.2 Å². The van der Waals surface area contributed by atoms with E-state index < -0.39 is 63.0 Å². The van der Waals surface area contributed by atoms with Crippen LogP contribution in [0.5, 0.6) is 17.2 Å². The van der Waals surface area contributed by atoms with Gasteiger partial charge in [0, 0.05) is 36.6 Å². The van der Waals surface area contributed by atoms with Crippen molar-refractivity contribution >= 4 is 68.7 Å². The Labute approximate surface area is 253 Å². The zero-order valence-corrected chi connectivity index (χ0v) is 25.2.